The van der Waals surface area contributed by atoms with Crippen LogP contribution in [0, 0.1) is 13.8 Å². The summed E-state index contributed by atoms with van der Waals surface area (Å²) in [5.74, 6) is -0.518. The first-order valence-electron chi connectivity index (χ1n) is 5.24. The van der Waals surface area contributed by atoms with E-state index in [0.717, 1.165) is 11.1 Å². The molecule has 0 bridgehead atoms. The van der Waals surface area contributed by atoms with Crippen LogP contribution < -0.4 is 10.6 Å². The molecule has 0 saturated carbocycles. The topological polar surface area (TPSA) is 58.2 Å². The second kappa shape index (κ2) is 5.68. The average Bonchev–Trinajstić information content (AvgIpc) is 2.23. The molecular weight excluding hydrogens is 240 g/mol. The first-order chi connectivity index (χ1) is 7.91. The van der Waals surface area contributed by atoms with Crippen molar-refractivity contribution in [3.8, 4) is 0 Å². The molecule has 0 aliphatic rings. The fraction of sp³-hybridized carbons (Fsp3) is 0.333. The number of halogens is 1. The second-order valence-electron chi connectivity index (χ2n) is 3.83. The Morgan fingerprint density at radius 3 is 2.24 bits per heavy atom. The molecule has 0 aliphatic heterocycles. The van der Waals surface area contributed by atoms with Crippen molar-refractivity contribution >= 4 is 29.2 Å². The monoisotopic (exact) mass is 254 g/mol. The van der Waals surface area contributed by atoms with Gasteiger partial charge in [0.2, 0.25) is 5.91 Å². The van der Waals surface area contributed by atoms with Crippen LogP contribution in [-0.2, 0) is 4.79 Å². The summed E-state index contributed by atoms with van der Waals surface area (Å²) in [5, 5.41) is 4.06. The minimum absolute atomic E-state index is 0.518. The normalized spacial score (nSPS) is 11.8. The lowest BCUT2D eigenvalue weighted by atomic mass is 10.1. The van der Waals surface area contributed by atoms with Gasteiger partial charge in [0, 0.05) is 5.69 Å². The van der Waals surface area contributed by atoms with Gasteiger partial charge in [0.05, 0.1) is 0 Å². The number of hydrogen-bond acceptors (Lipinski definition) is 2. The number of anilines is 1. The van der Waals surface area contributed by atoms with Gasteiger partial charge in [0.25, 0.3) is 0 Å². The minimum atomic E-state index is -0.737. The second-order valence-corrected chi connectivity index (χ2v) is 4.48. The summed E-state index contributed by atoms with van der Waals surface area (Å²) >= 11 is 5.55. The number of urea groups is 1. The number of aryl methyl sites for hydroxylation is 2. The van der Waals surface area contributed by atoms with E-state index >= 15 is 0 Å². The zero-order chi connectivity index (χ0) is 13.0. The van der Waals surface area contributed by atoms with Gasteiger partial charge in [-0.2, -0.15) is 0 Å². The number of amides is 3. The number of carbonyl (C=O) groups excluding carboxylic acids is 2. The van der Waals surface area contributed by atoms with Crippen LogP contribution in [-0.4, -0.2) is 17.3 Å². The van der Waals surface area contributed by atoms with E-state index in [9.17, 15) is 9.59 Å². The minimum Gasteiger partial charge on any atom is -0.307 e. The molecule has 0 spiro atoms. The van der Waals surface area contributed by atoms with Gasteiger partial charge in [0.15, 0.2) is 0 Å². The third-order valence-electron chi connectivity index (χ3n) is 2.32. The van der Waals surface area contributed by atoms with E-state index in [1.54, 1.807) is 0 Å². The molecule has 0 heterocycles. The largest absolute Gasteiger partial charge is 0.325 e. The van der Waals surface area contributed by atoms with Crippen molar-refractivity contribution in [2.45, 2.75) is 26.1 Å². The summed E-state index contributed by atoms with van der Waals surface area (Å²) in [6, 6.07) is 5.10. The smallest absolute Gasteiger partial charge is 0.307 e. The number of rotatable bonds is 2. The third kappa shape index (κ3) is 3.75. The first-order valence-corrected chi connectivity index (χ1v) is 5.67. The van der Waals surface area contributed by atoms with Gasteiger partial charge in [-0.1, -0.05) is 18.2 Å². The number of alkyl halides is 1. The highest BCUT2D eigenvalue weighted by Crippen LogP contribution is 2.18. The molecule has 0 saturated heterocycles. The number of carbonyl (C=O) groups is 2. The highest BCUT2D eigenvalue weighted by atomic mass is 35.5. The Morgan fingerprint density at radius 1 is 1.24 bits per heavy atom. The van der Waals surface area contributed by atoms with E-state index in [1.165, 1.54) is 6.92 Å². The Hall–Kier alpha value is -1.55. The highest BCUT2D eigenvalue weighted by molar-refractivity contribution is 6.31. The molecule has 0 aromatic heterocycles. The zero-order valence-electron chi connectivity index (χ0n) is 10.0. The molecule has 0 radical (unpaired) electrons. The van der Waals surface area contributed by atoms with Crippen LogP contribution in [0.5, 0.6) is 0 Å². The van der Waals surface area contributed by atoms with Crippen LogP contribution in [0.4, 0.5) is 10.5 Å². The van der Waals surface area contributed by atoms with Gasteiger partial charge in [-0.15, -0.1) is 11.6 Å². The Labute approximate surface area is 105 Å². The quantitative estimate of drug-likeness (QED) is 0.797. The summed E-state index contributed by atoms with van der Waals surface area (Å²) < 4.78 is 0. The molecule has 1 atom stereocenters. The lowest BCUT2D eigenvalue weighted by Gasteiger charge is -2.12. The molecule has 0 aliphatic carbocycles. The maximum Gasteiger partial charge on any atom is 0.325 e. The average molecular weight is 255 g/mol. The standard InChI is InChI=1S/C12H15ClN2O2/c1-7-5-4-6-8(2)10(7)14-12(17)15-11(16)9(3)13/h4-6,9H,1-3H3,(H2,14,15,16,17). The fourth-order valence-corrected chi connectivity index (χ4v) is 1.42. The van der Waals surface area contributed by atoms with Gasteiger partial charge in [-0.25, -0.2) is 4.79 Å². The van der Waals surface area contributed by atoms with Gasteiger partial charge < -0.3 is 5.32 Å². The Kier molecular flexibility index (Phi) is 4.52. The molecule has 1 aromatic rings. The van der Waals surface area contributed by atoms with Crippen molar-refractivity contribution in [2.75, 3.05) is 5.32 Å². The zero-order valence-corrected chi connectivity index (χ0v) is 10.8. The number of benzene rings is 1. The predicted octanol–water partition coefficient (Wildman–Crippen LogP) is 2.58. The number of para-hydroxylation sites is 1. The SMILES string of the molecule is Cc1cccc(C)c1NC(=O)NC(=O)C(C)Cl. The van der Waals surface area contributed by atoms with Crippen molar-refractivity contribution in [3.63, 3.8) is 0 Å². The third-order valence-corrected chi connectivity index (χ3v) is 2.52. The van der Waals surface area contributed by atoms with Crippen molar-refractivity contribution in [1.82, 2.24) is 5.32 Å². The Morgan fingerprint density at radius 2 is 1.76 bits per heavy atom. The maximum atomic E-state index is 11.5. The van der Waals surface area contributed by atoms with E-state index in [2.05, 4.69) is 10.6 Å². The molecular formula is C12H15ClN2O2. The van der Waals surface area contributed by atoms with E-state index in [1.807, 2.05) is 32.0 Å². The first kappa shape index (κ1) is 13.5. The molecule has 2 N–H and O–H groups in total. The number of hydrogen-bond donors (Lipinski definition) is 2. The van der Waals surface area contributed by atoms with Gasteiger partial charge in [0.1, 0.15) is 5.38 Å². The van der Waals surface area contributed by atoms with E-state index in [0.29, 0.717) is 5.69 Å². The van der Waals surface area contributed by atoms with Crippen molar-refractivity contribution in [1.29, 1.82) is 0 Å². The Bertz CT molecular complexity index is 424. The molecule has 4 nitrogen and oxygen atoms in total. The lowest BCUT2D eigenvalue weighted by Crippen LogP contribution is -2.38. The predicted molar refractivity (Wildman–Crippen MR) is 68.4 cm³/mol. The number of nitrogens with one attached hydrogen (secondary N) is 2. The maximum absolute atomic E-state index is 11.5. The van der Waals surface area contributed by atoms with E-state index in [4.69, 9.17) is 11.6 Å². The van der Waals surface area contributed by atoms with E-state index < -0.39 is 17.3 Å². The summed E-state index contributed by atoms with van der Waals surface area (Å²) in [6.07, 6.45) is 0. The van der Waals surface area contributed by atoms with Gasteiger partial charge in [-0.3, -0.25) is 10.1 Å². The summed E-state index contributed by atoms with van der Waals surface area (Å²) in [4.78, 5) is 22.7. The van der Waals surface area contributed by atoms with Gasteiger partial charge >= 0.3 is 6.03 Å². The molecule has 1 unspecified atom stereocenters. The van der Waals surface area contributed by atoms with E-state index in [-0.39, 0.29) is 0 Å². The van der Waals surface area contributed by atoms with Crippen LogP contribution in [0.3, 0.4) is 0 Å². The lowest BCUT2D eigenvalue weighted by molar-refractivity contribution is -0.119. The molecule has 17 heavy (non-hydrogen) atoms. The summed E-state index contributed by atoms with van der Waals surface area (Å²) in [7, 11) is 0. The molecule has 0 fully saturated rings. The molecule has 92 valence electrons. The van der Waals surface area contributed by atoms with Crippen molar-refractivity contribution in [3.05, 3.63) is 29.3 Å². The highest BCUT2D eigenvalue weighted by Gasteiger charge is 2.14. The summed E-state index contributed by atoms with van der Waals surface area (Å²) in [5.41, 5.74) is 2.58. The van der Waals surface area contributed by atoms with Crippen LogP contribution in [0.15, 0.2) is 18.2 Å². The molecule has 1 rings (SSSR count). The molecule has 3 amide bonds. The van der Waals surface area contributed by atoms with Crippen LogP contribution in [0.2, 0.25) is 0 Å². The Balaban J connectivity index is 2.72. The number of imide groups is 1. The fourth-order valence-electron chi connectivity index (χ4n) is 1.37. The van der Waals surface area contributed by atoms with Crippen molar-refractivity contribution in [2.24, 2.45) is 0 Å². The van der Waals surface area contributed by atoms with Crippen molar-refractivity contribution < 1.29 is 9.59 Å². The summed E-state index contributed by atoms with van der Waals surface area (Å²) in [6.45, 7) is 5.27. The van der Waals surface area contributed by atoms with Gasteiger partial charge in [-0.05, 0) is 31.9 Å². The van der Waals surface area contributed by atoms with Crippen LogP contribution in [0.1, 0.15) is 18.1 Å². The molecule has 5 heteroatoms. The molecule has 1 aromatic carbocycles. The van der Waals surface area contributed by atoms with Crippen LogP contribution in [0.25, 0.3) is 0 Å². The van der Waals surface area contributed by atoms with Crippen LogP contribution >= 0.6 is 11.6 Å².